The van der Waals surface area contributed by atoms with Gasteiger partial charge >= 0.3 is 0 Å². The number of aromatic nitrogens is 1. The van der Waals surface area contributed by atoms with E-state index in [2.05, 4.69) is 11.1 Å². The van der Waals surface area contributed by atoms with Crippen molar-refractivity contribution < 1.29 is 0 Å². The molecule has 0 aliphatic heterocycles. The topological polar surface area (TPSA) is 38.9 Å². The van der Waals surface area contributed by atoms with E-state index in [1.165, 1.54) is 0 Å². The molecular weight excluding hydrogens is 184 g/mol. The molecule has 0 atom stereocenters. The minimum absolute atomic E-state index is 0.636. The first-order valence-electron chi connectivity index (χ1n) is 4.18. The number of allylic oxidation sites excluding steroid dienone is 2. The maximum absolute atomic E-state index is 5.78. The maximum Gasteiger partial charge on any atom is 0.0421 e. The summed E-state index contributed by atoms with van der Waals surface area (Å²) < 4.78 is 0. The van der Waals surface area contributed by atoms with Gasteiger partial charge in [-0.2, -0.15) is 0 Å². The second-order valence-corrected chi connectivity index (χ2v) is 3.21. The van der Waals surface area contributed by atoms with Crippen molar-refractivity contribution in [3.63, 3.8) is 0 Å². The second kappa shape index (κ2) is 4.87. The number of nitrogen functional groups attached to an aromatic ring is 1. The van der Waals surface area contributed by atoms with Gasteiger partial charge < -0.3 is 5.73 Å². The molecule has 13 heavy (non-hydrogen) atoms. The summed E-state index contributed by atoms with van der Waals surface area (Å²) in [6, 6.07) is 1.80. The van der Waals surface area contributed by atoms with Crippen LogP contribution in [0, 0.1) is 0 Å². The molecule has 1 aromatic rings. The number of hydrogen-bond donors (Lipinski definition) is 1. The van der Waals surface area contributed by atoms with Crippen molar-refractivity contribution in [2.75, 3.05) is 11.6 Å². The van der Waals surface area contributed by atoms with Crippen LogP contribution in [-0.2, 0) is 0 Å². The average molecular weight is 197 g/mol. The van der Waals surface area contributed by atoms with Gasteiger partial charge in [0, 0.05) is 29.5 Å². The smallest absolute Gasteiger partial charge is 0.0421 e. The highest BCUT2D eigenvalue weighted by Crippen LogP contribution is 2.19. The molecule has 0 unspecified atom stereocenters. The highest BCUT2D eigenvalue weighted by molar-refractivity contribution is 6.17. The number of rotatable bonds is 3. The molecule has 70 valence electrons. The second-order valence-electron chi connectivity index (χ2n) is 2.83. The third-order valence-electron chi connectivity index (χ3n) is 1.84. The fourth-order valence-corrected chi connectivity index (χ4v) is 1.22. The Labute approximate surface area is 83.4 Å². The van der Waals surface area contributed by atoms with Crippen LogP contribution in [0.2, 0.25) is 0 Å². The van der Waals surface area contributed by atoms with Gasteiger partial charge in [0.15, 0.2) is 0 Å². The monoisotopic (exact) mass is 196 g/mol. The first-order chi connectivity index (χ1) is 6.25. The molecule has 0 saturated carbocycles. The van der Waals surface area contributed by atoms with Gasteiger partial charge in [0.1, 0.15) is 0 Å². The van der Waals surface area contributed by atoms with Crippen molar-refractivity contribution in [2.24, 2.45) is 0 Å². The predicted octanol–water partition coefficient (Wildman–Crippen LogP) is 2.70. The number of nitrogens with zero attached hydrogens (tertiary/aromatic N) is 1. The number of alkyl halides is 1. The van der Waals surface area contributed by atoms with Crippen molar-refractivity contribution >= 4 is 22.9 Å². The summed E-state index contributed by atoms with van der Waals surface area (Å²) in [7, 11) is 0. The largest absolute Gasteiger partial charge is 0.398 e. The molecule has 1 aromatic heterocycles. The van der Waals surface area contributed by atoms with Gasteiger partial charge in [0.05, 0.1) is 0 Å². The fraction of sp³-hybridized carbons (Fsp3) is 0.300. The number of nitrogens with two attached hydrogens (primary N) is 1. The summed E-state index contributed by atoms with van der Waals surface area (Å²) in [4.78, 5) is 4.02. The normalized spacial score (nSPS) is 11.7. The van der Waals surface area contributed by atoms with E-state index >= 15 is 0 Å². The molecule has 0 bridgehead atoms. The van der Waals surface area contributed by atoms with Gasteiger partial charge in [0.25, 0.3) is 0 Å². The van der Waals surface area contributed by atoms with Gasteiger partial charge in [-0.15, -0.1) is 11.6 Å². The van der Waals surface area contributed by atoms with E-state index in [0.29, 0.717) is 5.88 Å². The zero-order valence-electron chi connectivity index (χ0n) is 7.63. The molecule has 0 spiro atoms. The SMILES string of the molecule is C/C(=C/CCCl)c1cnccc1N. The molecular formula is C10H13ClN2. The zero-order chi connectivity index (χ0) is 9.68. The van der Waals surface area contributed by atoms with Crippen LogP contribution in [0.4, 0.5) is 5.69 Å². The molecule has 0 aliphatic rings. The third-order valence-corrected chi connectivity index (χ3v) is 2.06. The van der Waals surface area contributed by atoms with Gasteiger partial charge in [-0.3, -0.25) is 4.98 Å². The number of anilines is 1. The molecule has 0 aromatic carbocycles. The molecule has 1 heterocycles. The Bertz CT molecular complexity index is 308. The molecule has 3 heteroatoms. The van der Waals surface area contributed by atoms with Crippen LogP contribution in [0.15, 0.2) is 24.5 Å². The number of halogens is 1. The van der Waals surface area contributed by atoms with E-state index in [1.807, 2.05) is 6.92 Å². The van der Waals surface area contributed by atoms with Crippen LogP contribution in [0.5, 0.6) is 0 Å². The minimum atomic E-state index is 0.636. The van der Waals surface area contributed by atoms with E-state index in [4.69, 9.17) is 17.3 Å². The number of pyridine rings is 1. The highest BCUT2D eigenvalue weighted by Gasteiger charge is 1.99. The summed E-state index contributed by atoms with van der Waals surface area (Å²) in [6.45, 7) is 2.01. The van der Waals surface area contributed by atoms with Crippen LogP contribution < -0.4 is 5.73 Å². The van der Waals surface area contributed by atoms with Crippen molar-refractivity contribution in [1.29, 1.82) is 0 Å². The van der Waals surface area contributed by atoms with Gasteiger partial charge in [0.2, 0.25) is 0 Å². The number of hydrogen-bond acceptors (Lipinski definition) is 2. The van der Waals surface area contributed by atoms with Crippen LogP contribution in [-0.4, -0.2) is 10.9 Å². The predicted molar refractivity (Wildman–Crippen MR) is 57.6 cm³/mol. The van der Waals surface area contributed by atoms with Gasteiger partial charge in [-0.1, -0.05) is 6.08 Å². The molecule has 2 N–H and O–H groups in total. The Morgan fingerprint density at radius 3 is 3.08 bits per heavy atom. The zero-order valence-corrected chi connectivity index (χ0v) is 8.38. The fourth-order valence-electron chi connectivity index (χ4n) is 1.12. The van der Waals surface area contributed by atoms with Crippen LogP contribution in [0.1, 0.15) is 18.9 Å². The van der Waals surface area contributed by atoms with Gasteiger partial charge in [-0.25, -0.2) is 0 Å². The lowest BCUT2D eigenvalue weighted by Gasteiger charge is -2.03. The standard InChI is InChI=1S/C10H13ClN2/c1-8(3-2-5-11)9-7-13-6-4-10(9)12/h3-4,6-7H,2,5H2,1H3,(H2,12,13)/b8-3-. The summed E-state index contributed by atoms with van der Waals surface area (Å²) in [5, 5.41) is 0. The summed E-state index contributed by atoms with van der Waals surface area (Å²) in [6.07, 6.45) is 6.39. The van der Waals surface area contributed by atoms with E-state index in [0.717, 1.165) is 23.2 Å². The summed E-state index contributed by atoms with van der Waals surface area (Å²) in [5.74, 6) is 0.636. The maximum atomic E-state index is 5.78. The van der Waals surface area contributed by atoms with Crippen molar-refractivity contribution in [1.82, 2.24) is 4.98 Å². The Balaban J connectivity index is 2.88. The van der Waals surface area contributed by atoms with E-state index in [1.54, 1.807) is 18.5 Å². The quantitative estimate of drug-likeness (QED) is 0.755. The lowest BCUT2D eigenvalue weighted by molar-refractivity contribution is 1.22. The Morgan fingerprint density at radius 2 is 2.46 bits per heavy atom. The molecule has 0 fully saturated rings. The lowest BCUT2D eigenvalue weighted by atomic mass is 10.1. The van der Waals surface area contributed by atoms with Crippen molar-refractivity contribution in [3.8, 4) is 0 Å². The summed E-state index contributed by atoms with van der Waals surface area (Å²) in [5.41, 5.74) is 8.67. The van der Waals surface area contributed by atoms with Crippen molar-refractivity contribution in [3.05, 3.63) is 30.1 Å². The first-order valence-corrected chi connectivity index (χ1v) is 4.71. The first kappa shape index (κ1) is 10.1. The Morgan fingerprint density at radius 1 is 1.69 bits per heavy atom. The highest BCUT2D eigenvalue weighted by atomic mass is 35.5. The summed E-state index contributed by atoms with van der Waals surface area (Å²) >= 11 is 5.58. The van der Waals surface area contributed by atoms with E-state index < -0.39 is 0 Å². The minimum Gasteiger partial charge on any atom is -0.398 e. The molecule has 0 radical (unpaired) electrons. The molecule has 2 nitrogen and oxygen atoms in total. The van der Waals surface area contributed by atoms with Crippen LogP contribution in [0.25, 0.3) is 5.57 Å². The third kappa shape index (κ3) is 2.74. The molecule has 0 aliphatic carbocycles. The van der Waals surface area contributed by atoms with Crippen LogP contribution in [0.3, 0.4) is 0 Å². The Hall–Kier alpha value is -1.02. The van der Waals surface area contributed by atoms with Crippen LogP contribution >= 0.6 is 11.6 Å². The van der Waals surface area contributed by atoms with Gasteiger partial charge in [-0.05, 0) is 25.0 Å². The molecule has 0 saturated heterocycles. The van der Waals surface area contributed by atoms with E-state index in [9.17, 15) is 0 Å². The Kier molecular flexibility index (Phi) is 3.77. The molecule has 1 rings (SSSR count). The van der Waals surface area contributed by atoms with Crippen molar-refractivity contribution in [2.45, 2.75) is 13.3 Å². The molecule has 0 amide bonds. The average Bonchev–Trinajstić information content (AvgIpc) is 2.15. The van der Waals surface area contributed by atoms with E-state index in [-0.39, 0.29) is 0 Å². The lowest BCUT2D eigenvalue weighted by Crippen LogP contribution is -1.92.